The van der Waals surface area contributed by atoms with Crippen LogP contribution in [0, 0.1) is 0 Å². The van der Waals surface area contributed by atoms with Crippen molar-refractivity contribution in [3.05, 3.63) is 41.7 Å². The number of aromatic carboxylic acids is 1. The maximum absolute atomic E-state index is 10.9. The molecular formula is C13H15N3O3. The first-order valence-electron chi connectivity index (χ1n) is 5.73. The van der Waals surface area contributed by atoms with Crippen molar-refractivity contribution in [1.82, 2.24) is 9.78 Å². The van der Waals surface area contributed by atoms with Crippen LogP contribution in [0.15, 0.2) is 30.6 Å². The molecule has 2 N–H and O–H groups in total. The lowest BCUT2D eigenvalue weighted by Crippen LogP contribution is -2.03. The third-order valence-electron chi connectivity index (χ3n) is 2.69. The lowest BCUT2D eigenvalue weighted by atomic mass is 10.2. The smallest absolute Gasteiger partial charge is 0.335 e. The zero-order chi connectivity index (χ0) is 13.8. The van der Waals surface area contributed by atoms with Gasteiger partial charge in [0.2, 0.25) is 0 Å². The molecule has 0 saturated carbocycles. The number of aromatic nitrogens is 2. The Bertz CT molecular complexity index is 593. The number of aryl methyl sites for hydroxylation is 1. The fraction of sp³-hybridized carbons (Fsp3) is 0.231. The van der Waals surface area contributed by atoms with E-state index in [1.54, 1.807) is 30.1 Å². The van der Waals surface area contributed by atoms with Crippen LogP contribution in [0.3, 0.4) is 0 Å². The Balaban J connectivity index is 2.17. The summed E-state index contributed by atoms with van der Waals surface area (Å²) in [5.41, 5.74) is 1.87. The largest absolute Gasteiger partial charge is 0.495 e. The summed E-state index contributed by atoms with van der Waals surface area (Å²) >= 11 is 0. The van der Waals surface area contributed by atoms with Crippen molar-refractivity contribution >= 4 is 11.7 Å². The second-order valence-electron chi connectivity index (χ2n) is 4.10. The van der Waals surface area contributed by atoms with Gasteiger partial charge in [-0.25, -0.2) is 4.79 Å². The first kappa shape index (κ1) is 12.9. The molecule has 1 aromatic heterocycles. The van der Waals surface area contributed by atoms with Crippen molar-refractivity contribution in [2.45, 2.75) is 6.54 Å². The van der Waals surface area contributed by atoms with E-state index in [2.05, 4.69) is 10.4 Å². The maximum Gasteiger partial charge on any atom is 0.335 e. The van der Waals surface area contributed by atoms with E-state index < -0.39 is 5.97 Å². The molecule has 1 aromatic carbocycles. The van der Waals surface area contributed by atoms with Gasteiger partial charge in [-0.3, -0.25) is 4.68 Å². The fourth-order valence-corrected chi connectivity index (χ4v) is 1.74. The molecule has 6 heteroatoms. The highest BCUT2D eigenvalue weighted by molar-refractivity contribution is 5.89. The molecule has 0 saturated heterocycles. The quantitative estimate of drug-likeness (QED) is 0.857. The minimum atomic E-state index is -0.966. The van der Waals surface area contributed by atoms with E-state index in [1.165, 1.54) is 6.07 Å². The van der Waals surface area contributed by atoms with Crippen LogP contribution in [0.2, 0.25) is 0 Å². The highest BCUT2D eigenvalue weighted by Gasteiger charge is 2.09. The standard InChI is InChI=1S/C13H15N3O3/c1-16-8-9(7-15-16)6-14-11-5-10(13(17)18)3-4-12(11)19-2/h3-5,7-8,14H,6H2,1-2H3,(H,17,18). The average molecular weight is 261 g/mol. The Morgan fingerprint density at radius 2 is 2.32 bits per heavy atom. The van der Waals surface area contributed by atoms with Crippen LogP contribution in [-0.4, -0.2) is 28.0 Å². The molecule has 1 heterocycles. The summed E-state index contributed by atoms with van der Waals surface area (Å²) in [4.78, 5) is 10.9. The van der Waals surface area contributed by atoms with Gasteiger partial charge >= 0.3 is 5.97 Å². The van der Waals surface area contributed by atoms with Crippen LogP contribution in [0.5, 0.6) is 5.75 Å². The molecule has 0 atom stereocenters. The van der Waals surface area contributed by atoms with Gasteiger partial charge in [0.25, 0.3) is 0 Å². The van der Waals surface area contributed by atoms with Crippen molar-refractivity contribution in [2.75, 3.05) is 12.4 Å². The summed E-state index contributed by atoms with van der Waals surface area (Å²) in [5.74, 6) is -0.360. The van der Waals surface area contributed by atoms with Crippen LogP contribution in [0.25, 0.3) is 0 Å². The second-order valence-corrected chi connectivity index (χ2v) is 4.10. The van der Waals surface area contributed by atoms with Crippen LogP contribution >= 0.6 is 0 Å². The predicted molar refractivity (Wildman–Crippen MR) is 70.5 cm³/mol. The molecule has 0 amide bonds. The topological polar surface area (TPSA) is 76.4 Å². The van der Waals surface area contributed by atoms with Gasteiger partial charge in [-0.1, -0.05) is 0 Å². The fourth-order valence-electron chi connectivity index (χ4n) is 1.74. The van der Waals surface area contributed by atoms with Gasteiger partial charge in [0.1, 0.15) is 5.75 Å². The van der Waals surface area contributed by atoms with E-state index in [9.17, 15) is 4.79 Å². The lowest BCUT2D eigenvalue weighted by molar-refractivity contribution is 0.0697. The van der Waals surface area contributed by atoms with E-state index in [4.69, 9.17) is 9.84 Å². The van der Waals surface area contributed by atoms with Crippen LogP contribution in [-0.2, 0) is 13.6 Å². The summed E-state index contributed by atoms with van der Waals surface area (Å²) in [6.45, 7) is 0.549. The number of anilines is 1. The molecule has 19 heavy (non-hydrogen) atoms. The number of nitrogens with zero attached hydrogens (tertiary/aromatic N) is 2. The van der Waals surface area contributed by atoms with Crippen molar-refractivity contribution in [1.29, 1.82) is 0 Å². The molecular weight excluding hydrogens is 246 g/mol. The monoisotopic (exact) mass is 261 g/mol. The molecule has 100 valence electrons. The zero-order valence-corrected chi connectivity index (χ0v) is 10.8. The van der Waals surface area contributed by atoms with Crippen molar-refractivity contribution < 1.29 is 14.6 Å². The molecule has 0 fully saturated rings. The summed E-state index contributed by atoms with van der Waals surface area (Å²) < 4.78 is 6.91. The maximum atomic E-state index is 10.9. The first-order chi connectivity index (χ1) is 9.10. The molecule has 0 aliphatic heterocycles. The molecule has 6 nitrogen and oxygen atoms in total. The van der Waals surface area contributed by atoms with Gasteiger partial charge in [0.05, 0.1) is 24.6 Å². The van der Waals surface area contributed by atoms with Gasteiger partial charge in [-0.2, -0.15) is 5.10 Å². The minimum Gasteiger partial charge on any atom is -0.495 e. The molecule has 2 aromatic rings. The number of ether oxygens (including phenoxy) is 1. The molecule has 0 spiro atoms. The van der Waals surface area contributed by atoms with Crippen molar-refractivity contribution in [2.24, 2.45) is 7.05 Å². The number of methoxy groups -OCH3 is 1. The summed E-state index contributed by atoms with van der Waals surface area (Å²) in [6.07, 6.45) is 3.64. The van der Waals surface area contributed by atoms with E-state index in [-0.39, 0.29) is 5.56 Å². The van der Waals surface area contributed by atoms with Crippen LogP contribution < -0.4 is 10.1 Å². The Kier molecular flexibility index (Phi) is 3.70. The number of hydrogen-bond donors (Lipinski definition) is 2. The van der Waals surface area contributed by atoms with E-state index in [0.29, 0.717) is 18.0 Å². The Morgan fingerprint density at radius 1 is 1.53 bits per heavy atom. The van der Waals surface area contributed by atoms with Crippen LogP contribution in [0.4, 0.5) is 5.69 Å². The highest BCUT2D eigenvalue weighted by Crippen LogP contribution is 2.26. The van der Waals surface area contributed by atoms with Crippen LogP contribution in [0.1, 0.15) is 15.9 Å². The number of hydrogen-bond acceptors (Lipinski definition) is 4. The molecule has 0 bridgehead atoms. The number of carboxylic acid groups (broad SMARTS) is 1. The summed E-state index contributed by atoms with van der Waals surface area (Å²) in [6, 6.07) is 4.70. The second kappa shape index (κ2) is 5.43. The number of rotatable bonds is 5. The first-order valence-corrected chi connectivity index (χ1v) is 5.73. The Labute approximate surface area is 110 Å². The van der Waals surface area contributed by atoms with Crippen molar-refractivity contribution in [3.63, 3.8) is 0 Å². The Morgan fingerprint density at radius 3 is 2.89 bits per heavy atom. The SMILES string of the molecule is COc1ccc(C(=O)O)cc1NCc1cnn(C)c1. The van der Waals surface area contributed by atoms with Gasteiger partial charge in [-0.15, -0.1) is 0 Å². The van der Waals surface area contributed by atoms with Gasteiger partial charge in [0, 0.05) is 25.4 Å². The third kappa shape index (κ3) is 3.04. The summed E-state index contributed by atoms with van der Waals surface area (Å²) in [7, 11) is 3.39. The third-order valence-corrected chi connectivity index (χ3v) is 2.69. The Hall–Kier alpha value is -2.50. The number of benzene rings is 1. The van der Waals surface area contributed by atoms with Crippen molar-refractivity contribution in [3.8, 4) is 5.75 Å². The number of carboxylic acids is 1. The number of nitrogens with one attached hydrogen (secondary N) is 1. The van der Waals surface area contributed by atoms with Gasteiger partial charge in [0.15, 0.2) is 0 Å². The molecule has 0 radical (unpaired) electrons. The zero-order valence-electron chi connectivity index (χ0n) is 10.8. The normalized spacial score (nSPS) is 10.2. The number of carbonyl (C=O) groups is 1. The minimum absolute atomic E-state index is 0.217. The molecule has 2 rings (SSSR count). The van der Waals surface area contributed by atoms with E-state index in [0.717, 1.165) is 5.56 Å². The molecule has 0 unspecified atom stereocenters. The van der Waals surface area contributed by atoms with E-state index >= 15 is 0 Å². The highest BCUT2D eigenvalue weighted by atomic mass is 16.5. The summed E-state index contributed by atoms with van der Waals surface area (Å²) in [5, 5.41) is 16.2. The van der Waals surface area contributed by atoms with Gasteiger partial charge in [-0.05, 0) is 18.2 Å². The lowest BCUT2D eigenvalue weighted by Gasteiger charge is -2.11. The van der Waals surface area contributed by atoms with E-state index in [1.807, 2.05) is 13.2 Å². The predicted octanol–water partition coefficient (Wildman–Crippen LogP) is 1.74. The van der Waals surface area contributed by atoms with Gasteiger partial charge < -0.3 is 15.2 Å². The molecule has 0 aliphatic carbocycles. The average Bonchev–Trinajstić information content (AvgIpc) is 2.81. The molecule has 0 aliphatic rings.